The van der Waals surface area contributed by atoms with Gasteiger partial charge >= 0.3 is 0 Å². The van der Waals surface area contributed by atoms with Gasteiger partial charge in [-0.05, 0) is 38.8 Å². The summed E-state index contributed by atoms with van der Waals surface area (Å²) in [5.74, 6) is -1.80. The molecule has 0 aromatic heterocycles. The largest absolute Gasteiger partial charge is 0.333 e. The van der Waals surface area contributed by atoms with Gasteiger partial charge in [0.25, 0.3) is 5.91 Å². The van der Waals surface area contributed by atoms with Gasteiger partial charge in [-0.25, -0.2) is 8.78 Å². The zero-order valence-electron chi connectivity index (χ0n) is 9.91. The molecule has 0 saturated heterocycles. The van der Waals surface area contributed by atoms with Crippen LogP contribution in [-0.2, 0) is 0 Å². The number of carbonyl (C=O) groups excluding carboxylic acids is 1. The molecule has 4 heteroatoms. The van der Waals surface area contributed by atoms with Gasteiger partial charge in [0.05, 0.1) is 5.56 Å². The number of benzene rings is 1. The summed E-state index contributed by atoms with van der Waals surface area (Å²) in [4.78, 5) is 13.8. The maximum absolute atomic E-state index is 13.5. The fourth-order valence-corrected chi connectivity index (χ4v) is 1.98. The minimum Gasteiger partial charge on any atom is -0.333 e. The molecule has 2 rings (SSSR count). The van der Waals surface area contributed by atoms with E-state index in [-0.39, 0.29) is 23.6 Å². The van der Waals surface area contributed by atoms with E-state index in [9.17, 15) is 13.6 Å². The molecule has 0 spiro atoms. The van der Waals surface area contributed by atoms with E-state index in [0.29, 0.717) is 0 Å². The van der Waals surface area contributed by atoms with E-state index in [2.05, 4.69) is 0 Å². The molecule has 0 radical (unpaired) electrons. The number of carbonyl (C=O) groups is 1. The lowest BCUT2D eigenvalue weighted by Crippen LogP contribution is -2.39. The summed E-state index contributed by atoms with van der Waals surface area (Å²) in [6.45, 7) is 3.80. The Labute approximate surface area is 99.2 Å². The molecule has 0 heterocycles. The number of hydrogen-bond donors (Lipinski definition) is 0. The smallest absolute Gasteiger partial charge is 0.257 e. The van der Waals surface area contributed by atoms with Crippen LogP contribution in [0, 0.1) is 11.6 Å². The van der Waals surface area contributed by atoms with E-state index < -0.39 is 11.6 Å². The van der Waals surface area contributed by atoms with Gasteiger partial charge < -0.3 is 4.90 Å². The van der Waals surface area contributed by atoms with Gasteiger partial charge in [0.2, 0.25) is 0 Å². The van der Waals surface area contributed by atoms with Gasteiger partial charge in [-0.2, -0.15) is 0 Å². The first-order valence-electron chi connectivity index (χ1n) is 5.78. The van der Waals surface area contributed by atoms with Crippen molar-refractivity contribution in [1.82, 2.24) is 4.90 Å². The Bertz CT molecular complexity index is 439. The Morgan fingerprint density at radius 1 is 1.35 bits per heavy atom. The molecule has 1 aliphatic carbocycles. The third-order valence-corrected chi connectivity index (χ3v) is 2.89. The molecule has 17 heavy (non-hydrogen) atoms. The van der Waals surface area contributed by atoms with E-state index in [4.69, 9.17) is 0 Å². The van der Waals surface area contributed by atoms with Gasteiger partial charge in [-0.1, -0.05) is 0 Å². The lowest BCUT2D eigenvalue weighted by atomic mass is 10.1. The second-order valence-electron chi connectivity index (χ2n) is 4.66. The molecular formula is C13H15F2NO. The summed E-state index contributed by atoms with van der Waals surface area (Å²) >= 11 is 0. The van der Waals surface area contributed by atoms with Crippen molar-refractivity contribution >= 4 is 5.91 Å². The second-order valence-corrected chi connectivity index (χ2v) is 4.66. The highest BCUT2D eigenvalue weighted by Gasteiger charge is 2.35. The summed E-state index contributed by atoms with van der Waals surface area (Å²) < 4.78 is 26.3. The van der Waals surface area contributed by atoms with Crippen molar-refractivity contribution in [2.75, 3.05) is 0 Å². The summed E-state index contributed by atoms with van der Waals surface area (Å²) in [6.07, 6.45) is 1.93. The first-order chi connectivity index (χ1) is 8.00. The Hall–Kier alpha value is -1.45. The Kier molecular flexibility index (Phi) is 3.13. The van der Waals surface area contributed by atoms with Crippen molar-refractivity contribution in [2.45, 2.75) is 38.8 Å². The van der Waals surface area contributed by atoms with Crippen LogP contribution in [0.4, 0.5) is 8.78 Å². The Morgan fingerprint density at radius 2 is 2.00 bits per heavy atom. The standard InChI is InChI=1S/C13H15F2NO/c1-8(2)16(10-4-5-10)13(17)11-6-3-9(14)7-12(11)15/h3,6-8,10H,4-5H2,1-2H3. The van der Waals surface area contributed by atoms with E-state index in [1.807, 2.05) is 13.8 Å². The van der Waals surface area contributed by atoms with Crippen molar-refractivity contribution in [1.29, 1.82) is 0 Å². The number of amides is 1. The Morgan fingerprint density at radius 3 is 2.47 bits per heavy atom. The molecule has 2 nitrogen and oxygen atoms in total. The number of nitrogens with zero attached hydrogens (tertiary/aromatic N) is 1. The molecule has 0 N–H and O–H groups in total. The fourth-order valence-electron chi connectivity index (χ4n) is 1.98. The predicted octanol–water partition coefficient (Wildman–Crippen LogP) is 2.98. The molecule has 1 fully saturated rings. The van der Waals surface area contributed by atoms with Crippen LogP contribution in [0.2, 0.25) is 0 Å². The van der Waals surface area contributed by atoms with Crippen LogP contribution in [0.5, 0.6) is 0 Å². The van der Waals surface area contributed by atoms with Gasteiger partial charge in [0, 0.05) is 18.2 Å². The average Bonchev–Trinajstić information content (AvgIpc) is 3.01. The first-order valence-corrected chi connectivity index (χ1v) is 5.78. The van der Waals surface area contributed by atoms with Crippen LogP contribution >= 0.6 is 0 Å². The molecule has 1 aromatic rings. The molecule has 1 aliphatic rings. The van der Waals surface area contributed by atoms with Crippen LogP contribution in [0.25, 0.3) is 0 Å². The number of halogens is 2. The van der Waals surface area contributed by atoms with Gasteiger partial charge in [-0.3, -0.25) is 4.79 Å². The Balaban J connectivity index is 2.28. The highest BCUT2D eigenvalue weighted by atomic mass is 19.1. The third kappa shape index (κ3) is 2.46. The van der Waals surface area contributed by atoms with Gasteiger partial charge in [-0.15, -0.1) is 0 Å². The van der Waals surface area contributed by atoms with E-state index in [1.54, 1.807) is 4.90 Å². The van der Waals surface area contributed by atoms with Crippen LogP contribution in [0.3, 0.4) is 0 Å². The number of hydrogen-bond acceptors (Lipinski definition) is 1. The molecule has 0 aliphatic heterocycles. The van der Waals surface area contributed by atoms with Crippen molar-refractivity contribution < 1.29 is 13.6 Å². The molecular weight excluding hydrogens is 224 g/mol. The molecule has 0 atom stereocenters. The summed E-state index contributed by atoms with van der Waals surface area (Å²) in [5.41, 5.74) is -0.0491. The molecule has 1 amide bonds. The van der Waals surface area contributed by atoms with Gasteiger partial charge in [0.15, 0.2) is 0 Å². The van der Waals surface area contributed by atoms with Crippen molar-refractivity contribution in [3.05, 3.63) is 35.4 Å². The van der Waals surface area contributed by atoms with Crippen LogP contribution in [0.15, 0.2) is 18.2 Å². The maximum atomic E-state index is 13.5. The minimum atomic E-state index is -0.790. The maximum Gasteiger partial charge on any atom is 0.257 e. The molecule has 1 saturated carbocycles. The quantitative estimate of drug-likeness (QED) is 0.794. The summed E-state index contributed by atoms with van der Waals surface area (Å²) in [7, 11) is 0. The zero-order chi connectivity index (χ0) is 12.6. The minimum absolute atomic E-state index is 0.0273. The molecule has 0 unspecified atom stereocenters. The second kappa shape index (κ2) is 4.43. The monoisotopic (exact) mass is 239 g/mol. The van der Waals surface area contributed by atoms with E-state index in [0.717, 1.165) is 25.0 Å². The van der Waals surface area contributed by atoms with Gasteiger partial charge in [0.1, 0.15) is 11.6 Å². The normalized spacial score (nSPS) is 15.1. The average molecular weight is 239 g/mol. The van der Waals surface area contributed by atoms with Crippen molar-refractivity contribution in [3.63, 3.8) is 0 Å². The summed E-state index contributed by atoms with van der Waals surface area (Å²) in [5, 5.41) is 0. The van der Waals surface area contributed by atoms with Crippen molar-refractivity contribution in [3.8, 4) is 0 Å². The lowest BCUT2D eigenvalue weighted by molar-refractivity contribution is 0.0685. The molecule has 92 valence electrons. The fraction of sp³-hybridized carbons (Fsp3) is 0.462. The molecule has 1 aromatic carbocycles. The lowest BCUT2D eigenvalue weighted by Gasteiger charge is -2.26. The van der Waals surface area contributed by atoms with Crippen LogP contribution < -0.4 is 0 Å². The highest BCUT2D eigenvalue weighted by molar-refractivity contribution is 5.95. The molecule has 0 bridgehead atoms. The van der Waals surface area contributed by atoms with Crippen LogP contribution in [-0.4, -0.2) is 22.9 Å². The highest BCUT2D eigenvalue weighted by Crippen LogP contribution is 2.30. The SMILES string of the molecule is CC(C)N(C(=O)c1ccc(F)cc1F)C1CC1. The topological polar surface area (TPSA) is 20.3 Å². The zero-order valence-corrected chi connectivity index (χ0v) is 9.91. The number of rotatable bonds is 3. The first kappa shape index (κ1) is 12.0. The summed E-state index contributed by atoms with van der Waals surface area (Å²) in [6, 6.07) is 3.32. The third-order valence-electron chi connectivity index (χ3n) is 2.89. The van der Waals surface area contributed by atoms with Crippen molar-refractivity contribution in [2.24, 2.45) is 0 Å². The predicted molar refractivity (Wildman–Crippen MR) is 60.7 cm³/mol. The van der Waals surface area contributed by atoms with E-state index >= 15 is 0 Å². The van der Waals surface area contributed by atoms with Crippen LogP contribution in [0.1, 0.15) is 37.0 Å². The van der Waals surface area contributed by atoms with E-state index in [1.165, 1.54) is 6.07 Å².